The van der Waals surface area contributed by atoms with E-state index in [1.54, 1.807) is 12.0 Å². The number of nitrogens with one attached hydrogen (secondary N) is 2. The number of nitrogens with two attached hydrogens (primary N) is 1. The molecule has 0 aliphatic carbocycles. The molecule has 1 amide bonds. The second-order valence-electron chi connectivity index (χ2n) is 7.75. The lowest BCUT2D eigenvalue weighted by Crippen LogP contribution is -2.34. The smallest absolute Gasteiger partial charge is 0.254 e. The fraction of sp³-hybridized carbons (Fsp3) is 0.261. The van der Waals surface area contributed by atoms with Crippen molar-refractivity contribution in [3.8, 4) is 5.75 Å². The van der Waals surface area contributed by atoms with Crippen LogP contribution >= 0.6 is 15.9 Å². The molecule has 178 valence electrons. The van der Waals surface area contributed by atoms with Crippen LogP contribution in [0.25, 0.3) is 0 Å². The normalized spacial score (nSPS) is 13.4. The first kappa shape index (κ1) is 23.8. The van der Waals surface area contributed by atoms with E-state index in [4.69, 9.17) is 10.5 Å². The third-order valence-corrected chi connectivity index (χ3v) is 6.13. The van der Waals surface area contributed by atoms with E-state index in [0.29, 0.717) is 36.6 Å². The second-order valence-corrected chi connectivity index (χ2v) is 8.60. The van der Waals surface area contributed by atoms with E-state index in [1.807, 2.05) is 36.4 Å². The van der Waals surface area contributed by atoms with Crippen molar-refractivity contribution in [1.29, 1.82) is 0 Å². The summed E-state index contributed by atoms with van der Waals surface area (Å²) in [5.41, 5.74) is 8.89. The summed E-state index contributed by atoms with van der Waals surface area (Å²) in [5.74, 6) is 0.338. The number of aromatic nitrogens is 2. The standard InChI is InChI=1S/C23H23BrF2N6O2/c1-34-19-9-13-6-7-32(12-20(25)26)11-14(13)8-18(19)30-23-28-10-15(21(27)33)22(31-23)29-17-5-3-2-4-16(17)24/h2-5,8-10,20H,6-7,11-12H2,1H3,(H2,27,33)(H2,28,29,30,31). The van der Waals surface area contributed by atoms with Gasteiger partial charge in [0.2, 0.25) is 5.95 Å². The molecular weight excluding hydrogens is 510 g/mol. The zero-order chi connectivity index (χ0) is 24.2. The highest BCUT2D eigenvalue weighted by Gasteiger charge is 2.22. The average molecular weight is 533 g/mol. The Bertz CT molecular complexity index is 1210. The molecule has 4 N–H and O–H groups in total. The number of fused-ring (bicyclic) bond motifs is 1. The maximum Gasteiger partial charge on any atom is 0.254 e. The zero-order valence-corrected chi connectivity index (χ0v) is 19.9. The van der Waals surface area contributed by atoms with Crippen molar-refractivity contribution in [1.82, 2.24) is 14.9 Å². The van der Waals surface area contributed by atoms with Crippen molar-refractivity contribution in [2.45, 2.75) is 19.4 Å². The van der Waals surface area contributed by atoms with Crippen LogP contribution in [0.4, 0.5) is 31.9 Å². The van der Waals surface area contributed by atoms with E-state index >= 15 is 0 Å². The van der Waals surface area contributed by atoms with Crippen molar-refractivity contribution < 1.29 is 18.3 Å². The molecule has 0 saturated carbocycles. The van der Waals surface area contributed by atoms with Crippen LogP contribution in [0.2, 0.25) is 0 Å². The highest BCUT2D eigenvalue weighted by molar-refractivity contribution is 9.10. The fourth-order valence-corrected chi connectivity index (χ4v) is 4.17. The maximum absolute atomic E-state index is 12.9. The molecule has 2 heterocycles. The summed E-state index contributed by atoms with van der Waals surface area (Å²) < 4.78 is 32.0. The number of para-hydroxylation sites is 1. The number of rotatable bonds is 8. The van der Waals surface area contributed by atoms with Gasteiger partial charge in [0.05, 0.1) is 25.0 Å². The highest BCUT2D eigenvalue weighted by atomic mass is 79.9. The number of carbonyl (C=O) groups excluding carboxylic acids is 1. The molecule has 1 aliphatic heterocycles. The number of amides is 1. The number of anilines is 4. The summed E-state index contributed by atoms with van der Waals surface area (Å²) in [7, 11) is 1.55. The monoisotopic (exact) mass is 532 g/mol. The summed E-state index contributed by atoms with van der Waals surface area (Å²) in [6.45, 7) is 0.708. The molecule has 4 rings (SSSR count). The van der Waals surface area contributed by atoms with E-state index < -0.39 is 12.3 Å². The number of benzene rings is 2. The van der Waals surface area contributed by atoms with Crippen LogP contribution in [0.5, 0.6) is 5.75 Å². The van der Waals surface area contributed by atoms with Gasteiger partial charge in [-0.25, -0.2) is 13.8 Å². The topological polar surface area (TPSA) is 105 Å². The zero-order valence-electron chi connectivity index (χ0n) is 18.3. The number of methoxy groups -OCH3 is 1. The number of alkyl halides is 2. The van der Waals surface area contributed by atoms with E-state index in [1.165, 1.54) is 6.20 Å². The van der Waals surface area contributed by atoms with Crippen molar-refractivity contribution in [2.24, 2.45) is 5.73 Å². The molecule has 0 spiro atoms. The predicted molar refractivity (Wildman–Crippen MR) is 129 cm³/mol. The molecule has 0 radical (unpaired) electrons. The summed E-state index contributed by atoms with van der Waals surface area (Å²) in [6, 6.07) is 11.1. The third-order valence-electron chi connectivity index (χ3n) is 5.44. The lowest BCUT2D eigenvalue weighted by atomic mass is 9.98. The Morgan fingerprint density at radius 3 is 2.74 bits per heavy atom. The van der Waals surface area contributed by atoms with Gasteiger partial charge in [-0.3, -0.25) is 9.69 Å². The van der Waals surface area contributed by atoms with E-state index in [-0.39, 0.29) is 23.9 Å². The lowest BCUT2D eigenvalue weighted by Gasteiger charge is -2.29. The first-order chi connectivity index (χ1) is 16.3. The summed E-state index contributed by atoms with van der Waals surface area (Å²) in [4.78, 5) is 22.3. The molecule has 3 aromatic rings. The van der Waals surface area contributed by atoms with Gasteiger partial charge in [0.25, 0.3) is 12.3 Å². The molecule has 1 aliphatic rings. The Morgan fingerprint density at radius 2 is 2.03 bits per heavy atom. The molecule has 11 heteroatoms. The van der Waals surface area contributed by atoms with E-state index in [2.05, 4.69) is 36.5 Å². The minimum atomic E-state index is -2.38. The van der Waals surface area contributed by atoms with Crippen LogP contribution < -0.4 is 21.1 Å². The molecule has 0 bridgehead atoms. The number of ether oxygens (including phenoxy) is 1. The van der Waals surface area contributed by atoms with Crippen LogP contribution in [0, 0.1) is 0 Å². The largest absolute Gasteiger partial charge is 0.495 e. The molecule has 1 aromatic heterocycles. The molecule has 0 unspecified atom stereocenters. The Kier molecular flexibility index (Phi) is 7.23. The van der Waals surface area contributed by atoms with Crippen LogP contribution in [-0.2, 0) is 13.0 Å². The Labute approximate surface area is 203 Å². The van der Waals surface area contributed by atoms with Gasteiger partial charge in [-0.1, -0.05) is 12.1 Å². The third kappa shape index (κ3) is 5.42. The summed E-state index contributed by atoms with van der Waals surface area (Å²) >= 11 is 3.46. The van der Waals surface area contributed by atoms with Gasteiger partial charge in [0.15, 0.2) is 0 Å². The van der Waals surface area contributed by atoms with E-state index in [0.717, 1.165) is 15.6 Å². The Balaban J connectivity index is 1.64. The molecule has 0 atom stereocenters. The quantitative estimate of drug-likeness (QED) is 0.393. The van der Waals surface area contributed by atoms with Crippen LogP contribution in [-0.4, -0.2) is 47.4 Å². The maximum atomic E-state index is 12.9. The Morgan fingerprint density at radius 1 is 1.24 bits per heavy atom. The summed E-state index contributed by atoms with van der Waals surface area (Å²) in [5, 5.41) is 6.22. The Hall–Kier alpha value is -3.31. The molecule has 34 heavy (non-hydrogen) atoms. The van der Waals surface area contributed by atoms with Gasteiger partial charge < -0.3 is 21.1 Å². The second kappa shape index (κ2) is 10.3. The first-order valence-corrected chi connectivity index (χ1v) is 11.3. The van der Waals surface area contributed by atoms with Crippen molar-refractivity contribution in [3.05, 3.63) is 63.8 Å². The fourth-order valence-electron chi connectivity index (χ4n) is 3.79. The first-order valence-electron chi connectivity index (χ1n) is 10.5. The van der Waals surface area contributed by atoms with Gasteiger partial charge >= 0.3 is 0 Å². The SMILES string of the molecule is COc1cc2c(cc1Nc1ncc(C(N)=O)c(Nc3ccccc3Br)n1)CN(CC(F)F)CC2. The predicted octanol–water partition coefficient (Wildman–Crippen LogP) is 4.46. The summed E-state index contributed by atoms with van der Waals surface area (Å²) in [6.07, 6.45) is -0.389. The van der Waals surface area contributed by atoms with Gasteiger partial charge in [-0.05, 0) is 57.7 Å². The van der Waals surface area contributed by atoms with Crippen LogP contribution in [0.15, 0.2) is 47.1 Å². The number of hydrogen-bond acceptors (Lipinski definition) is 7. The number of nitrogens with zero attached hydrogens (tertiary/aromatic N) is 3. The number of primary amides is 1. The van der Waals surface area contributed by atoms with E-state index in [9.17, 15) is 13.6 Å². The minimum Gasteiger partial charge on any atom is -0.495 e. The average Bonchev–Trinajstić information content (AvgIpc) is 2.79. The highest BCUT2D eigenvalue weighted by Crippen LogP contribution is 2.34. The molecule has 0 saturated heterocycles. The lowest BCUT2D eigenvalue weighted by molar-refractivity contribution is 0.0820. The molecule has 0 fully saturated rings. The van der Waals surface area contributed by atoms with Crippen molar-refractivity contribution in [3.63, 3.8) is 0 Å². The number of hydrogen-bond donors (Lipinski definition) is 3. The molecular formula is C23H23BrF2N6O2. The van der Waals surface area contributed by atoms with Gasteiger partial charge in [0.1, 0.15) is 17.1 Å². The number of halogens is 3. The van der Waals surface area contributed by atoms with Crippen molar-refractivity contribution in [2.75, 3.05) is 30.8 Å². The van der Waals surface area contributed by atoms with Crippen LogP contribution in [0.1, 0.15) is 21.5 Å². The van der Waals surface area contributed by atoms with Crippen LogP contribution in [0.3, 0.4) is 0 Å². The van der Waals surface area contributed by atoms with Crippen molar-refractivity contribution >= 4 is 45.0 Å². The number of carbonyl (C=O) groups is 1. The van der Waals surface area contributed by atoms with Gasteiger partial charge in [-0.2, -0.15) is 4.98 Å². The van der Waals surface area contributed by atoms with Gasteiger partial charge in [-0.15, -0.1) is 0 Å². The molecule has 8 nitrogen and oxygen atoms in total. The van der Waals surface area contributed by atoms with Gasteiger partial charge in [0, 0.05) is 23.8 Å². The molecule has 2 aromatic carbocycles. The minimum absolute atomic E-state index is 0.126.